The average Bonchev–Trinajstić information content (AvgIpc) is 2.66. The quantitative estimate of drug-likeness (QED) is 0.812. The molecule has 0 radical (unpaired) electrons. The molecule has 1 aromatic heterocycles. The zero-order valence-electron chi connectivity index (χ0n) is 10.4. The summed E-state index contributed by atoms with van der Waals surface area (Å²) in [5, 5.41) is 13.1. The average molecular weight is 299 g/mol. The molecule has 102 valence electrons. The van der Waals surface area contributed by atoms with Gasteiger partial charge in [0, 0.05) is 27.8 Å². The van der Waals surface area contributed by atoms with Crippen molar-refractivity contribution in [1.29, 1.82) is 0 Å². The zero-order chi connectivity index (χ0) is 14.0. The molecule has 0 aliphatic heterocycles. The summed E-state index contributed by atoms with van der Waals surface area (Å²) in [4.78, 5) is 12.6. The van der Waals surface area contributed by atoms with Gasteiger partial charge in [-0.15, -0.1) is 11.3 Å². The zero-order valence-corrected chi connectivity index (χ0v) is 12.0. The number of hydrogen-bond donors (Lipinski definition) is 3. The van der Waals surface area contributed by atoms with Gasteiger partial charge in [0.15, 0.2) is 0 Å². The molecule has 1 heterocycles. The second-order valence-electron chi connectivity index (χ2n) is 4.37. The molecule has 1 atom stereocenters. The fourth-order valence-electron chi connectivity index (χ4n) is 1.81. The smallest absolute Gasteiger partial charge is 0.263 e. The number of anilines is 1. The van der Waals surface area contributed by atoms with Crippen molar-refractivity contribution in [3.8, 4) is 0 Å². The monoisotopic (exact) mass is 298 g/mol. The van der Waals surface area contributed by atoms with Crippen molar-refractivity contribution in [3.05, 3.63) is 28.1 Å². The molecular weight excluding hydrogens is 284 g/mol. The lowest BCUT2D eigenvalue weighted by atomic mass is 10.2. The largest absolute Gasteiger partial charge is 0.397 e. The first-order chi connectivity index (χ1) is 9.02. The van der Waals surface area contributed by atoms with Crippen LogP contribution < -0.4 is 11.1 Å². The van der Waals surface area contributed by atoms with Gasteiger partial charge in [0.1, 0.15) is 4.88 Å². The topological polar surface area (TPSA) is 75.3 Å². The van der Waals surface area contributed by atoms with Crippen LogP contribution in [-0.2, 0) is 0 Å². The van der Waals surface area contributed by atoms with Crippen LogP contribution in [0.5, 0.6) is 0 Å². The SMILES string of the molecule is CC(CCO)NC(=O)c1sc2cc(Cl)ccc2c1N. The van der Waals surface area contributed by atoms with Gasteiger partial charge < -0.3 is 16.2 Å². The number of rotatable bonds is 4. The molecule has 0 saturated carbocycles. The lowest BCUT2D eigenvalue weighted by Crippen LogP contribution is -2.33. The van der Waals surface area contributed by atoms with Crippen LogP contribution in [0.15, 0.2) is 18.2 Å². The molecule has 0 bridgehead atoms. The van der Waals surface area contributed by atoms with Crippen molar-refractivity contribution in [3.63, 3.8) is 0 Å². The van der Waals surface area contributed by atoms with E-state index in [4.69, 9.17) is 22.4 Å². The second-order valence-corrected chi connectivity index (χ2v) is 5.86. The van der Waals surface area contributed by atoms with Gasteiger partial charge in [-0.2, -0.15) is 0 Å². The fourth-order valence-corrected chi connectivity index (χ4v) is 3.12. The first kappa shape index (κ1) is 14.1. The molecule has 0 aliphatic rings. The Labute approximate surface area is 120 Å². The number of nitrogen functional groups attached to an aromatic ring is 1. The Morgan fingerprint density at radius 3 is 3.00 bits per heavy atom. The standard InChI is InChI=1S/C13H15ClN2O2S/c1-7(4-5-17)16-13(18)12-11(15)9-3-2-8(14)6-10(9)19-12/h2-3,6-7,17H,4-5,15H2,1H3,(H,16,18). The summed E-state index contributed by atoms with van der Waals surface area (Å²) in [6, 6.07) is 5.28. The molecule has 6 heteroatoms. The van der Waals surface area contributed by atoms with E-state index in [0.717, 1.165) is 10.1 Å². The van der Waals surface area contributed by atoms with E-state index in [0.29, 0.717) is 22.0 Å². The Balaban J connectivity index is 2.29. The van der Waals surface area contributed by atoms with Crippen molar-refractivity contribution in [2.75, 3.05) is 12.3 Å². The molecule has 0 fully saturated rings. The number of amides is 1. The number of aliphatic hydroxyl groups is 1. The van der Waals surface area contributed by atoms with Crippen molar-refractivity contribution < 1.29 is 9.90 Å². The summed E-state index contributed by atoms with van der Waals surface area (Å²) in [5.74, 6) is -0.212. The molecule has 19 heavy (non-hydrogen) atoms. The number of carbonyl (C=O) groups excluding carboxylic acids is 1. The van der Waals surface area contributed by atoms with Crippen LogP contribution in [0.2, 0.25) is 5.02 Å². The lowest BCUT2D eigenvalue weighted by molar-refractivity contribution is 0.0939. The van der Waals surface area contributed by atoms with Gasteiger partial charge in [0.05, 0.1) is 5.69 Å². The number of nitrogens with one attached hydrogen (secondary N) is 1. The third-order valence-corrected chi connectivity index (χ3v) is 4.24. The maximum absolute atomic E-state index is 12.1. The van der Waals surface area contributed by atoms with Crippen LogP contribution in [0.1, 0.15) is 23.0 Å². The third-order valence-electron chi connectivity index (χ3n) is 2.84. The third kappa shape index (κ3) is 3.00. The molecule has 2 aromatic rings. The van der Waals surface area contributed by atoms with Crippen LogP contribution in [0.3, 0.4) is 0 Å². The number of aliphatic hydroxyl groups excluding tert-OH is 1. The maximum Gasteiger partial charge on any atom is 0.263 e. The molecule has 2 rings (SSSR count). The van der Waals surface area contributed by atoms with Gasteiger partial charge in [-0.25, -0.2) is 0 Å². The molecule has 4 nitrogen and oxygen atoms in total. The van der Waals surface area contributed by atoms with E-state index in [9.17, 15) is 4.79 Å². The number of carbonyl (C=O) groups is 1. The highest BCUT2D eigenvalue weighted by molar-refractivity contribution is 7.21. The van der Waals surface area contributed by atoms with E-state index in [2.05, 4.69) is 5.32 Å². The highest BCUT2D eigenvalue weighted by Gasteiger charge is 2.17. The number of hydrogen-bond acceptors (Lipinski definition) is 4. The second kappa shape index (κ2) is 5.77. The first-order valence-electron chi connectivity index (χ1n) is 5.92. The lowest BCUT2D eigenvalue weighted by Gasteiger charge is -2.11. The number of benzene rings is 1. The Morgan fingerprint density at radius 2 is 2.32 bits per heavy atom. The van der Waals surface area contributed by atoms with Gasteiger partial charge in [-0.05, 0) is 31.5 Å². The van der Waals surface area contributed by atoms with Crippen molar-refractivity contribution in [2.24, 2.45) is 0 Å². The normalized spacial score (nSPS) is 12.6. The minimum absolute atomic E-state index is 0.0406. The highest BCUT2D eigenvalue weighted by atomic mass is 35.5. The Bertz CT molecular complexity index is 612. The predicted octanol–water partition coefficient (Wildman–Crippen LogP) is 2.64. The summed E-state index contributed by atoms with van der Waals surface area (Å²) in [7, 11) is 0. The van der Waals surface area contributed by atoms with E-state index in [1.165, 1.54) is 11.3 Å². The fraction of sp³-hybridized carbons (Fsp3) is 0.308. The molecule has 0 saturated heterocycles. The summed E-state index contributed by atoms with van der Waals surface area (Å²) < 4.78 is 0.893. The summed E-state index contributed by atoms with van der Waals surface area (Å²) >= 11 is 7.25. The molecular formula is C13H15ClN2O2S. The van der Waals surface area contributed by atoms with E-state index >= 15 is 0 Å². The van der Waals surface area contributed by atoms with Crippen LogP contribution in [0.25, 0.3) is 10.1 Å². The summed E-state index contributed by atoms with van der Waals surface area (Å²) in [5.41, 5.74) is 6.47. The van der Waals surface area contributed by atoms with Crippen LogP contribution in [0.4, 0.5) is 5.69 Å². The van der Waals surface area contributed by atoms with Gasteiger partial charge in [0.25, 0.3) is 5.91 Å². The van der Waals surface area contributed by atoms with Crippen LogP contribution in [-0.4, -0.2) is 23.7 Å². The van der Waals surface area contributed by atoms with Gasteiger partial charge >= 0.3 is 0 Å². The molecule has 0 aliphatic carbocycles. The van der Waals surface area contributed by atoms with Crippen molar-refractivity contribution in [1.82, 2.24) is 5.32 Å². The minimum atomic E-state index is -0.212. The number of nitrogens with two attached hydrogens (primary N) is 1. The van der Waals surface area contributed by atoms with Crippen LogP contribution >= 0.6 is 22.9 Å². The molecule has 1 amide bonds. The van der Waals surface area contributed by atoms with E-state index in [1.807, 2.05) is 13.0 Å². The summed E-state index contributed by atoms with van der Waals surface area (Å²) in [6.45, 7) is 1.88. The van der Waals surface area contributed by atoms with E-state index in [-0.39, 0.29) is 18.6 Å². The number of thiophene rings is 1. The van der Waals surface area contributed by atoms with Crippen molar-refractivity contribution >= 4 is 44.6 Å². The van der Waals surface area contributed by atoms with E-state index in [1.54, 1.807) is 12.1 Å². The Kier molecular flexibility index (Phi) is 4.29. The Hall–Kier alpha value is -1.30. The molecule has 1 unspecified atom stereocenters. The molecule has 4 N–H and O–H groups in total. The highest BCUT2D eigenvalue weighted by Crippen LogP contribution is 2.35. The van der Waals surface area contributed by atoms with Crippen molar-refractivity contribution in [2.45, 2.75) is 19.4 Å². The van der Waals surface area contributed by atoms with E-state index < -0.39 is 0 Å². The predicted molar refractivity (Wildman–Crippen MR) is 79.9 cm³/mol. The number of fused-ring (bicyclic) bond motifs is 1. The van der Waals surface area contributed by atoms with Gasteiger partial charge in [-0.3, -0.25) is 4.79 Å². The molecule has 1 aromatic carbocycles. The van der Waals surface area contributed by atoms with Crippen LogP contribution in [0, 0.1) is 0 Å². The minimum Gasteiger partial charge on any atom is -0.397 e. The maximum atomic E-state index is 12.1. The number of halogens is 1. The van der Waals surface area contributed by atoms with Gasteiger partial charge in [0.2, 0.25) is 0 Å². The first-order valence-corrected chi connectivity index (χ1v) is 7.11. The molecule has 0 spiro atoms. The van der Waals surface area contributed by atoms with Gasteiger partial charge in [-0.1, -0.05) is 11.6 Å². The Morgan fingerprint density at radius 1 is 1.58 bits per heavy atom. The summed E-state index contributed by atoms with van der Waals surface area (Å²) in [6.07, 6.45) is 0.516.